The molecule has 0 aliphatic carbocycles. The van der Waals surface area contributed by atoms with Crippen LogP contribution in [-0.4, -0.2) is 44.3 Å². The SMILES string of the molecule is CN(CCc1ccncc1)C(=O)c1cc(NCc2ccccn2)ncn1. The van der Waals surface area contributed by atoms with E-state index >= 15 is 0 Å². The third-order valence-electron chi connectivity index (χ3n) is 3.89. The summed E-state index contributed by atoms with van der Waals surface area (Å²) in [5, 5.41) is 3.16. The highest BCUT2D eigenvalue weighted by molar-refractivity contribution is 5.92. The number of amides is 1. The van der Waals surface area contributed by atoms with Crippen LogP contribution in [0.5, 0.6) is 0 Å². The van der Waals surface area contributed by atoms with Crippen molar-refractivity contribution in [1.29, 1.82) is 0 Å². The second-order valence-electron chi connectivity index (χ2n) is 5.80. The van der Waals surface area contributed by atoms with Gasteiger partial charge in [0.15, 0.2) is 0 Å². The molecule has 3 aromatic rings. The normalized spacial score (nSPS) is 10.3. The standard InChI is InChI=1S/C19H20N6O/c1-25(11-7-15-5-9-20-10-6-15)19(26)17-12-18(24-14-23-17)22-13-16-4-2-3-8-21-16/h2-6,8-10,12,14H,7,11,13H2,1H3,(H,22,23,24). The summed E-state index contributed by atoms with van der Waals surface area (Å²) in [4.78, 5) is 30.7. The molecule has 3 heterocycles. The second-order valence-corrected chi connectivity index (χ2v) is 5.80. The Hall–Kier alpha value is -3.35. The van der Waals surface area contributed by atoms with E-state index in [4.69, 9.17) is 0 Å². The van der Waals surface area contributed by atoms with Crippen LogP contribution in [0.25, 0.3) is 0 Å². The van der Waals surface area contributed by atoms with Crippen molar-refractivity contribution in [3.8, 4) is 0 Å². The summed E-state index contributed by atoms with van der Waals surface area (Å²) in [5.41, 5.74) is 2.40. The first-order chi connectivity index (χ1) is 12.7. The van der Waals surface area contributed by atoms with Crippen LogP contribution in [0.3, 0.4) is 0 Å². The Morgan fingerprint density at radius 2 is 1.92 bits per heavy atom. The highest BCUT2D eigenvalue weighted by Crippen LogP contribution is 2.09. The van der Waals surface area contributed by atoms with Gasteiger partial charge in [-0.25, -0.2) is 9.97 Å². The van der Waals surface area contributed by atoms with Crippen molar-refractivity contribution < 1.29 is 4.79 Å². The van der Waals surface area contributed by atoms with E-state index in [9.17, 15) is 4.79 Å². The summed E-state index contributed by atoms with van der Waals surface area (Å²) in [6.07, 6.45) is 7.40. The molecule has 0 spiro atoms. The smallest absolute Gasteiger partial charge is 0.272 e. The molecule has 7 heteroatoms. The highest BCUT2D eigenvalue weighted by Gasteiger charge is 2.14. The molecule has 3 rings (SSSR count). The topological polar surface area (TPSA) is 83.9 Å². The van der Waals surface area contributed by atoms with Crippen LogP contribution < -0.4 is 5.32 Å². The number of carbonyl (C=O) groups is 1. The minimum absolute atomic E-state index is 0.137. The molecule has 0 unspecified atom stereocenters. The van der Waals surface area contributed by atoms with Crippen LogP contribution in [0.4, 0.5) is 5.82 Å². The lowest BCUT2D eigenvalue weighted by Gasteiger charge is -2.17. The van der Waals surface area contributed by atoms with Gasteiger partial charge in [0, 0.05) is 38.2 Å². The summed E-state index contributed by atoms with van der Waals surface area (Å²) in [5.74, 6) is 0.457. The van der Waals surface area contributed by atoms with Gasteiger partial charge >= 0.3 is 0 Å². The van der Waals surface area contributed by atoms with Crippen molar-refractivity contribution in [2.45, 2.75) is 13.0 Å². The van der Waals surface area contributed by atoms with Crippen LogP contribution in [0.1, 0.15) is 21.7 Å². The fraction of sp³-hybridized carbons (Fsp3) is 0.211. The van der Waals surface area contributed by atoms with E-state index in [0.29, 0.717) is 24.6 Å². The Morgan fingerprint density at radius 3 is 2.69 bits per heavy atom. The zero-order valence-electron chi connectivity index (χ0n) is 14.5. The van der Waals surface area contributed by atoms with Gasteiger partial charge in [0.2, 0.25) is 0 Å². The number of carbonyl (C=O) groups excluding carboxylic acids is 1. The molecule has 0 saturated carbocycles. The number of aromatic nitrogens is 4. The van der Waals surface area contributed by atoms with E-state index in [-0.39, 0.29) is 5.91 Å². The molecule has 1 amide bonds. The highest BCUT2D eigenvalue weighted by atomic mass is 16.2. The number of rotatable bonds is 7. The fourth-order valence-electron chi connectivity index (χ4n) is 2.40. The summed E-state index contributed by atoms with van der Waals surface area (Å²) in [6.45, 7) is 1.13. The predicted molar refractivity (Wildman–Crippen MR) is 98.5 cm³/mol. The fourth-order valence-corrected chi connectivity index (χ4v) is 2.40. The molecular weight excluding hydrogens is 328 g/mol. The van der Waals surface area contributed by atoms with Crippen molar-refractivity contribution in [1.82, 2.24) is 24.8 Å². The maximum Gasteiger partial charge on any atom is 0.272 e. The lowest BCUT2D eigenvalue weighted by atomic mass is 10.2. The number of nitrogens with one attached hydrogen (secondary N) is 1. The van der Waals surface area contributed by atoms with Crippen LogP contribution in [0.2, 0.25) is 0 Å². The van der Waals surface area contributed by atoms with E-state index in [2.05, 4.69) is 25.3 Å². The van der Waals surface area contributed by atoms with Gasteiger partial charge in [0.1, 0.15) is 17.8 Å². The molecular formula is C19H20N6O. The summed E-state index contributed by atoms with van der Waals surface area (Å²) >= 11 is 0. The summed E-state index contributed by atoms with van der Waals surface area (Å²) in [6, 6.07) is 11.3. The first-order valence-corrected chi connectivity index (χ1v) is 8.32. The lowest BCUT2D eigenvalue weighted by molar-refractivity contribution is 0.0790. The Balaban J connectivity index is 1.58. The maximum atomic E-state index is 12.6. The second kappa shape index (κ2) is 8.66. The van der Waals surface area contributed by atoms with Crippen molar-refractivity contribution in [3.63, 3.8) is 0 Å². The van der Waals surface area contributed by atoms with Gasteiger partial charge in [-0.2, -0.15) is 0 Å². The molecule has 0 aliphatic heterocycles. The number of likely N-dealkylation sites (N-methyl/N-ethyl adjacent to an activating group) is 1. The zero-order valence-corrected chi connectivity index (χ0v) is 14.5. The first kappa shape index (κ1) is 17.5. The van der Waals surface area contributed by atoms with E-state index in [1.54, 1.807) is 36.6 Å². The number of anilines is 1. The van der Waals surface area contributed by atoms with E-state index in [1.165, 1.54) is 6.33 Å². The predicted octanol–water partition coefficient (Wildman–Crippen LogP) is 2.19. The number of hydrogen-bond acceptors (Lipinski definition) is 6. The van der Waals surface area contributed by atoms with E-state index < -0.39 is 0 Å². The van der Waals surface area contributed by atoms with E-state index in [0.717, 1.165) is 17.7 Å². The van der Waals surface area contributed by atoms with Gasteiger partial charge in [-0.15, -0.1) is 0 Å². The maximum absolute atomic E-state index is 12.6. The Bertz CT molecular complexity index is 841. The molecule has 0 bridgehead atoms. The lowest BCUT2D eigenvalue weighted by Crippen LogP contribution is -2.29. The molecule has 0 radical (unpaired) electrons. The minimum Gasteiger partial charge on any atom is -0.364 e. The van der Waals surface area contributed by atoms with E-state index in [1.807, 2.05) is 30.3 Å². The minimum atomic E-state index is -0.137. The molecule has 1 N–H and O–H groups in total. The number of nitrogens with zero attached hydrogens (tertiary/aromatic N) is 5. The molecule has 26 heavy (non-hydrogen) atoms. The summed E-state index contributed by atoms with van der Waals surface area (Å²) in [7, 11) is 1.77. The molecule has 0 aliphatic rings. The molecule has 132 valence electrons. The quantitative estimate of drug-likeness (QED) is 0.705. The molecule has 3 aromatic heterocycles. The molecule has 0 aromatic carbocycles. The Kier molecular flexibility index (Phi) is 5.82. The van der Waals surface area contributed by atoms with Crippen LogP contribution >= 0.6 is 0 Å². The number of hydrogen-bond donors (Lipinski definition) is 1. The van der Waals surface area contributed by atoms with Gasteiger partial charge in [-0.3, -0.25) is 14.8 Å². The van der Waals surface area contributed by atoms with Gasteiger partial charge in [0.05, 0.1) is 12.2 Å². The van der Waals surface area contributed by atoms with Crippen LogP contribution in [-0.2, 0) is 13.0 Å². The van der Waals surface area contributed by atoms with Crippen molar-refractivity contribution in [2.75, 3.05) is 18.9 Å². The van der Waals surface area contributed by atoms with Gasteiger partial charge < -0.3 is 10.2 Å². The van der Waals surface area contributed by atoms with Crippen molar-refractivity contribution >= 4 is 11.7 Å². The van der Waals surface area contributed by atoms with Crippen molar-refractivity contribution in [2.24, 2.45) is 0 Å². The van der Waals surface area contributed by atoms with Gasteiger partial charge in [-0.05, 0) is 36.2 Å². The molecule has 0 saturated heterocycles. The average molecular weight is 348 g/mol. The third-order valence-corrected chi connectivity index (χ3v) is 3.89. The largest absolute Gasteiger partial charge is 0.364 e. The van der Waals surface area contributed by atoms with Crippen LogP contribution in [0, 0.1) is 0 Å². The molecule has 0 atom stereocenters. The Labute approximate surface area is 152 Å². The molecule has 7 nitrogen and oxygen atoms in total. The number of pyridine rings is 2. The van der Waals surface area contributed by atoms with Crippen LogP contribution in [0.15, 0.2) is 61.3 Å². The van der Waals surface area contributed by atoms with Crippen molar-refractivity contribution in [3.05, 3.63) is 78.3 Å². The monoisotopic (exact) mass is 348 g/mol. The first-order valence-electron chi connectivity index (χ1n) is 8.32. The third kappa shape index (κ3) is 4.83. The average Bonchev–Trinajstić information content (AvgIpc) is 2.71. The van der Waals surface area contributed by atoms with Gasteiger partial charge in [-0.1, -0.05) is 6.07 Å². The molecule has 0 fully saturated rings. The Morgan fingerprint density at radius 1 is 1.08 bits per heavy atom. The van der Waals surface area contributed by atoms with Gasteiger partial charge in [0.25, 0.3) is 5.91 Å². The zero-order chi connectivity index (χ0) is 18.2. The summed E-state index contributed by atoms with van der Waals surface area (Å²) < 4.78 is 0.